The van der Waals surface area contributed by atoms with Gasteiger partial charge in [-0.15, -0.1) is 0 Å². The van der Waals surface area contributed by atoms with Crippen molar-refractivity contribution in [3.63, 3.8) is 0 Å². The first-order chi connectivity index (χ1) is 13.3. The summed E-state index contributed by atoms with van der Waals surface area (Å²) in [6.07, 6.45) is 1.06. The summed E-state index contributed by atoms with van der Waals surface area (Å²) in [5.74, 6) is 0.915. The van der Waals surface area contributed by atoms with Gasteiger partial charge in [-0.2, -0.15) is 0 Å². The molecule has 5 heteroatoms. The molecule has 0 saturated carbocycles. The number of rotatable bonds is 8. The van der Waals surface area contributed by atoms with E-state index in [0.29, 0.717) is 19.8 Å². The summed E-state index contributed by atoms with van der Waals surface area (Å²) < 4.78 is 11.0. The Kier molecular flexibility index (Phi) is 7.25. The fourth-order valence-electron chi connectivity index (χ4n) is 3.32. The first kappa shape index (κ1) is 19.4. The lowest BCUT2D eigenvalue weighted by molar-refractivity contribution is 0.0453. The topological polar surface area (TPSA) is 46.1 Å². The minimum absolute atomic E-state index is 0.606. The van der Waals surface area contributed by atoms with Crippen molar-refractivity contribution in [2.24, 2.45) is 4.99 Å². The molecule has 5 nitrogen and oxygen atoms in total. The average molecular weight is 367 g/mol. The highest BCUT2D eigenvalue weighted by Gasteiger charge is 2.22. The largest absolute Gasteiger partial charge is 0.379 e. The van der Waals surface area contributed by atoms with Crippen LogP contribution in [0.3, 0.4) is 0 Å². The molecule has 27 heavy (non-hydrogen) atoms. The third kappa shape index (κ3) is 5.31. The van der Waals surface area contributed by atoms with Crippen molar-refractivity contribution in [1.82, 2.24) is 5.32 Å². The number of guanidine groups is 1. The number of benzene rings is 2. The van der Waals surface area contributed by atoms with E-state index in [2.05, 4.69) is 63.7 Å². The lowest BCUT2D eigenvalue weighted by Gasteiger charge is -2.22. The molecule has 2 aromatic rings. The van der Waals surface area contributed by atoms with Gasteiger partial charge >= 0.3 is 0 Å². The van der Waals surface area contributed by atoms with Crippen LogP contribution in [-0.2, 0) is 29.0 Å². The van der Waals surface area contributed by atoms with E-state index in [-0.39, 0.29) is 0 Å². The van der Waals surface area contributed by atoms with Crippen molar-refractivity contribution >= 4 is 11.6 Å². The van der Waals surface area contributed by atoms with Gasteiger partial charge in [-0.25, -0.2) is 0 Å². The molecule has 0 saturated heterocycles. The van der Waals surface area contributed by atoms with E-state index in [1.165, 1.54) is 22.4 Å². The molecule has 0 amide bonds. The predicted molar refractivity (Wildman–Crippen MR) is 110 cm³/mol. The molecule has 0 aromatic heterocycles. The third-order valence-electron chi connectivity index (χ3n) is 4.64. The highest BCUT2D eigenvalue weighted by molar-refractivity contribution is 5.97. The molecule has 0 atom stereocenters. The Morgan fingerprint density at radius 1 is 1.07 bits per heavy atom. The number of fused-ring (bicyclic) bond motifs is 1. The maximum Gasteiger partial charge on any atom is 0.198 e. The van der Waals surface area contributed by atoms with Gasteiger partial charge in [0.05, 0.1) is 19.8 Å². The van der Waals surface area contributed by atoms with E-state index in [1.54, 1.807) is 0 Å². The molecule has 1 aliphatic rings. The highest BCUT2D eigenvalue weighted by Crippen LogP contribution is 2.27. The first-order valence-electron chi connectivity index (χ1n) is 9.61. The van der Waals surface area contributed by atoms with Gasteiger partial charge in [-0.1, -0.05) is 42.5 Å². The summed E-state index contributed by atoms with van der Waals surface area (Å²) in [4.78, 5) is 6.74. The minimum Gasteiger partial charge on any atom is -0.379 e. The molecule has 2 aromatic carbocycles. The molecular weight excluding hydrogens is 338 g/mol. The zero-order valence-corrected chi connectivity index (χ0v) is 16.3. The van der Waals surface area contributed by atoms with Gasteiger partial charge in [0, 0.05) is 32.4 Å². The number of anilines is 1. The van der Waals surface area contributed by atoms with Gasteiger partial charge < -0.3 is 19.7 Å². The van der Waals surface area contributed by atoms with Gasteiger partial charge in [0.15, 0.2) is 5.96 Å². The molecule has 0 radical (unpaired) electrons. The van der Waals surface area contributed by atoms with Crippen LogP contribution in [0.1, 0.15) is 23.6 Å². The van der Waals surface area contributed by atoms with E-state index in [1.807, 2.05) is 14.0 Å². The number of ether oxygens (including phenoxy) is 2. The summed E-state index contributed by atoms with van der Waals surface area (Å²) in [6, 6.07) is 17.0. The Morgan fingerprint density at radius 2 is 1.89 bits per heavy atom. The zero-order chi connectivity index (χ0) is 18.9. The Bertz CT molecular complexity index is 761. The lowest BCUT2D eigenvalue weighted by Crippen LogP contribution is -2.40. The quantitative estimate of drug-likeness (QED) is 0.441. The van der Waals surface area contributed by atoms with Gasteiger partial charge in [-0.05, 0) is 36.1 Å². The number of hydrogen-bond donors (Lipinski definition) is 1. The Labute approximate surface area is 162 Å². The molecule has 0 spiro atoms. The number of para-hydroxylation sites is 1. The highest BCUT2D eigenvalue weighted by atomic mass is 16.5. The van der Waals surface area contributed by atoms with E-state index in [0.717, 1.165) is 32.1 Å². The normalized spacial score (nSPS) is 13.7. The molecular formula is C22H29N3O2. The van der Waals surface area contributed by atoms with Gasteiger partial charge in [0.25, 0.3) is 0 Å². The van der Waals surface area contributed by atoms with Crippen LogP contribution in [0.15, 0.2) is 53.5 Å². The maximum atomic E-state index is 5.67. The Hall–Kier alpha value is -2.37. The van der Waals surface area contributed by atoms with Crippen molar-refractivity contribution in [2.75, 3.05) is 38.3 Å². The number of aliphatic imine (C=N–C) groups is 1. The molecule has 0 aliphatic carbocycles. The van der Waals surface area contributed by atoms with E-state index < -0.39 is 0 Å². The summed E-state index contributed by atoms with van der Waals surface area (Å²) in [5.41, 5.74) is 5.02. The van der Waals surface area contributed by atoms with Crippen molar-refractivity contribution in [3.05, 3.63) is 65.2 Å². The van der Waals surface area contributed by atoms with Crippen molar-refractivity contribution in [1.29, 1.82) is 0 Å². The van der Waals surface area contributed by atoms with E-state index in [9.17, 15) is 0 Å². The number of hydrogen-bond acceptors (Lipinski definition) is 3. The van der Waals surface area contributed by atoms with Crippen molar-refractivity contribution in [2.45, 2.75) is 26.5 Å². The SMILES string of the molecule is CCOCCOCc1cccc(CNC(=NC)N2CCc3ccccc32)c1. The summed E-state index contributed by atoms with van der Waals surface area (Å²) in [6.45, 7) is 6.29. The minimum atomic E-state index is 0.606. The predicted octanol–water partition coefficient (Wildman–Crippen LogP) is 3.38. The summed E-state index contributed by atoms with van der Waals surface area (Å²) in [7, 11) is 1.84. The Morgan fingerprint density at radius 3 is 2.74 bits per heavy atom. The molecule has 0 bridgehead atoms. The molecule has 1 heterocycles. The van der Waals surface area contributed by atoms with Crippen LogP contribution in [-0.4, -0.2) is 39.4 Å². The summed E-state index contributed by atoms with van der Waals surface area (Å²) >= 11 is 0. The Balaban J connectivity index is 1.54. The van der Waals surface area contributed by atoms with Crippen LogP contribution < -0.4 is 10.2 Å². The first-order valence-corrected chi connectivity index (χ1v) is 9.61. The number of nitrogens with one attached hydrogen (secondary N) is 1. The van der Waals surface area contributed by atoms with Crippen molar-refractivity contribution in [3.8, 4) is 0 Å². The van der Waals surface area contributed by atoms with Crippen LogP contribution in [0.5, 0.6) is 0 Å². The fraction of sp³-hybridized carbons (Fsp3) is 0.409. The standard InChI is InChI=1S/C22H29N3O2/c1-3-26-13-14-27-17-19-8-6-7-18(15-19)16-24-22(23-2)25-12-11-20-9-4-5-10-21(20)25/h4-10,15H,3,11-14,16-17H2,1-2H3,(H,23,24). The molecule has 0 unspecified atom stereocenters. The zero-order valence-electron chi connectivity index (χ0n) is 16.3. The fourth-order valence-corrected chi connectivity index (χ4v) is 3.32. The lowest BCUT2D eigenvalue weighted by atomic mass is 10.1. The van der Waals surface area contributed by atoms with E-state index in [4.69, 9.17) is 9.47 Å². The number of nitrogens with zero attached hydrogens (tertiary/aromatic N) is 2. The molecule has 1 aliphatic heterocycles. The smallest absolute Gasteiger partial charge is 0.198 e. The van der Waals surface area contributed by atoms with E-state index >= 15 is 0 Å². The molecule has 144 valence electrons. The second-order valence-electron chi connectivity index (χ2n) is 6.50. The third-order valence-corrected chi connectivity index (χ3v) is 4.64. The van der Waals surface area contributed by atoms with Crippen LogP contribution >= 0.6 is 0 Å². The van der Waals surface area contributed by atoms with Gasteiger partial charge in [0.1, 0.15) is 0 Å². The average Bonchev–Trinajstić information content (AvgIpc) is 3.13. The maximum absolute atomic E-state index is 5.67. The summed E-state index contributed by atoms with van der Waals surface area (Å²) in [5, 5.41) is 3.49. The monoisotopic (exact) mass is 367 g/mol. The second kappa shape index (κ2) is 10.1. The molecule has 0 fully saturated rings. The van der Waals surface area contributed by atoms with Crippen molar-refractivity contribution < 1.29 is 9.47 Å². The second-order valence-corrected chi connectivity index (χ2v) is 6.50. The molecule has 3 rings (SSSR count). The van der Waals surface area contributed by atoms with Gasteiger partial charge in [0.2, 0.25) is 0 Å². The molecule has 1 N–H and O–H groups in total. The van der Waals surface area contributed by atoms with Crippen LogP contribution in [0.2, 0.25) is 0 Å². The van der Waals surface area contributed by atoms with Crippen LogP contribution in [0.4, 0.5) is 5.69 Å². The van der Waals surface area contributed by atoms with Crippen LogP contribution in [0, 0.1) is 0 Å². The van der Waals surface area contributed by atoms with Gasteiger partial charge in [-0.3, -0.25) is 4.99 Å². The van der Waals surface area contributed by atoms with Crippen LogP contribution in [0.25, 0.3) is 0 Å².